The van der Waals surface area contributed by atoms with Gasteiger partial charge in [0, 0.05) is 29.1 Å². The SMILES string of the molecule is O=C(Nc1ccccc1)c1cc(-c2ccccc2)c(Nc2ccc([N+](=O)[O-])cc2)cn1. The van der Waals surface area contributed by atoms with E-state index in [0.29, 0.717) is 17.1 Å². The van der Waals surface area contributed by atoms with Crippen molar-refractivity contribution in [1.82, 2.24) is 4.98 Å². The van der Waals surface area contributed by atoms with Gasteiger partial charge in [0.05, 0.1) is 16.8 Å². The summed E-state index contributed by atoms with van der Waals surface area (Å²) >= 11 is 0. The minimum atomic E-state index is -0.444. The van der Waals surface area contributed by atoms with Crippen LogP contribution in [0.25, 0.3) is 11.1 Å². The van der Waals surface area contributed by atoms with Crippen molar-refractivity contribution in [1.29, 1.82) is 0 Å². The van der Waals surface area contributed by atoms with Crippen molar-refractivity contribution in [2.24, 2.45) is 0 Å². The lowest BCUT2D eigenvalue weighted by atomic mass is 10.0. The number of benzene rings is 3. The normalized spacial score (nSPS) is 10.3. The first-order valence-electron chi connectivity index (χ1n) is 9.53. The molecule has 4 rings (SSSR count). The van der Waals surface area contributed by atoms with Crippen LogP contribution in [0, 0.1) is 10.1 Å². The number of non-ortho nitro benzene ring substituents is 1. The van der Waals surface area contributed by atoms with Crippen LogP contribution in [-0.4, -0.2) is 15.8 Å². The quantitative estimate of drug-likeness (QED) is 0.316. The fourth-order valence-electron chi connectivity index (χ4n) is 3.07. The van der Waals surface area contributed by atoms with Gasteiger partial charge in [-0.1, -0.05) is 48.5 Å². The maximum absolute atomic E-state index is 12.7. The Labute approximate surface area is 178 Å². The third-order valence-electron chi connectivity index (χ3n) is 4.61. The van der Waals surface area contributed by atoms with E-state index in [9.17, 15) is 14.9 Å². The standard InChI is InChI=1S/C24H18N4O3/c29-24(27-18-9-5-2-6-10-18)22-15-21(17-7-3-1-4-8-17)23(16-25-22)26-19-11-13-20(14-12-19)28(30)31/h1-16,26H,(H,27,29). The Morgan fingerprint density at radius 1 is 0.839 bits per heavy atom. The molecule has 0 atom stereocenters. The highest BCUT2D eigenvalue weighted by Gasteiger charge is 2.14. The Kier molecular flexibility index (Phi) is 5.66. The highest BCUT2D eigenvalue weighted by Crippen LogP contribution is 2.31. The fraction of sp³-hybridized carbons (Fsp3) is 0. The minimum absolute atomic E-state index is 0.0138. The molecule has 3 aromatic carbocycles. The van der Waals surface area contributed by atoms with Crippen molar-refractivity contribution in [2.75, 3.05) is 10.6 Å². The first kappa shape index (κ1) is 19.8. The van der Waals surface area contributed by atoms with Gasteiger partial charge in [0.15, 0.2) is 0 Å². The lowest BCUT2D eigenvalue weighted by Crippen LogP contribution is -2.14. The third-order valence-corrected chi connectivity index (χ3v) is 4.61. The zero-order valence-corrected chi connectivity index (χ0v) is 16.4. The van der Waals surface area contributed by atoms with E-state index in [1.807, 2.05) is 48.5 Å². The molecule has 0 saturated heterocycles. The smallest absolute Gasteiger partial charge is 0.274 e. The molecule has 2 N–H and O–H groups in total. The van der Waals surface area contributed by atoms with E-state index in [-0.39, 0.29) is 17.3 Å². The monoisotopic (exact) mass is 410 g/mol. The number of carbonyl (C=O) groups excluding carboxylic acids is 1. The Bertz CT molecular complexity index is 1210. The molecule has 0 spiro atoms. The molecule has 0 aliphatic carbocycles. The lowest BCUT2D eigenvalue weighted by Gasteiger charge is -2.14. The average molecular weight is 410 g/mol. The number of nitrogens with one attached hydrogen (secondary N) is 2. The highest BCUT2D eigenvalue weighted by atomic mass is 16.6. The second-order valence-corrected chi connectivity index (χ2v) is 6.73. The van der Waals surface area contributed by atoms with E-state index in [0.717, 1.165) is 11.1 Å². The summed E-state index contributed by atoms with van der Waals surface area (Å²) in [6.07, 6.45) is 1.59. The zero-order valence-electron chi connectivity index (χ0n) is 16.4. The molecule has 0 radical (unpaired) electrons. The van der Waals surface area contributed by atoms with Gasteiger partial charge in [0.2, 0.25) is 0 Å². The Morgan fingerprint density at radius 3 is 2.13 bits per heavy atom. The van der Waals surface area contributed by atoms with Gasteiger partial charge in [-0.2, -0.15) is 0 Å². The molecule has 0 aliphatic rings. The second-order valence-electron chi connectivity index (χ2n) is 6.73. The Balaban J connectivity index is 1.66. The molecule has 7 nitrogen and oxygen atoms in total. The molecule has 1 amide bonds. The van der Waals surface area contributed by atoms with E-state index < -0.39 is 4.92 Å². The molecule has 152 valence electrons. The Hall–Kier alpha value is -4.52. The van der Waals surface area contributed by atoms with Crippen molar-refractivity contribution in [3.8, 4) is 11.1 Å². The number of nitro benzene ring substituents is 1. The largest absolute Gasteiger partial charge is 0.354 e. The van der Waals surface area contributed by atoms with Gasteiger partial charge >= 0.3 is 0 Å². The number of nitro groups is 1. The van der Waals surface area contributed by atoms with Crippen molar-refractivity contribution in [3.63, 3.8) is 0 Å². The third kappa shape index (κ3) is 4.73. The number of anilines is 3. The van der Waals surface area contributed by atoms with E-state index >= 15 is 0 Å². The maximum Gasteiger partial charge on any atom is 0.274 e. The molecule has 0 bridgehead atoms. The van der Waals surface area contributed by atoms with Crippen LogP contribution in [0.5, 0.6) is 0 Å². The summed E-state index contributed by atoms with van der Waals surface area (Å²) in [5, 5.41) is 17.0. The fourth-order valence-corrected chi connectivity index (χ4v) is 3.07. The Morgan fingerprint density at radius 2 is 1.48 bits per heavy atom. The molecule has 4 aromatic rings. The summed E-state index contributed by atoms with van der Waals surface area (Å²) in [6.45, 7) is 0. The van der Waals surface area contributed by atoms with Crippen molar-refractivity contribution >= 4 is 28.7 Å². The predicted molar refractivity (Wildman–Crippen MR) is 120 cm³/mol. The van der Waals surface area contributed by atoms with Gasteiger partial charge in [-0.25, -0.2) is 4.98 Å². The maximum atomic E-state index is 12.7. The topological polar surface area (TPSA) is 97.2 Å². The predicted octanol–water partition coefficient (Wildman–Crippen LogP) is 5.65. The zero-order chi connectivity index (χ0) is 21.6. The van der Waals surface area contributed by atoms with Crippen LogP contribution in [0.1, 0.15) is 10.5 Å². The molecule has 1 aromatic heterocycles. The van der Waals surface area contributed by atoms with Gasteiger partial charge in [0.1, 0.15) is 5.69 Å². The number of nitrogens with zero attached hydrogens (tertiary/aromatic N) is 2. The molecule has 31 heavy (non-hydrogen) atoms. The number of hydrogen-bond donors (Lipinski definition) is 2. The van der Waals surface area contributed by atoms with Crippen LogP contribution in [-0.2, 0) is 0 Å². The summed E-state index contributed by atoms with van der Waals surface area (Å²) in [4.78, 5) is 27.5. The molecule has 0 aliphatic heterocycles. The molecule has 0 unspecified atom stereocenters. The minimum Gasteiger partial charge on any atom is -0.354 e. The van der Waals surface area contributed by atoms with E-state index in [4.69, 9.17) is 0 Å². The van der Waals surface area contributed by atoms with Crippen molar-refractivity contribution in [2.45, 2.75) is 0 Å². The summed E-state index contributed by atoms with van der Waals surface area (Å²) in [7, 11) is 0. The average Bonchev–Trinajstić information content (AvgIpc) is 2.81. The van der Waals surface area contributed by atoms with Crippen LogP contribution in [0.15, 0.2) is 97.2 Å². The second kappa shape index (κ2) is 8.87. The van der Waals surface area contributed by atoms with Crippen molar-refractivity contribution in [3.05, 3.63) is 113 Å². The first-order valence-corrected chi connectivity index (χ1v) is 9.53. The number of para-hydroxylation sites is 1. The molecule has 7 heteroatoms. The van der Waals surface area contributed by atoms with Gasteiger partial charge in [-0.15, -0.1) is 0 Å². The molecular weight excluding hydrogens is 392 g/mol. The van der Waals surface area contributed by atoms with Crippen molar-refractivity contribution < 1.29 is 9.72 Å². The summed E-state index contributed by atoms with van der Waals surface area (Å²) in [5.74, 6) is -0.315. The molecule has 0 fully saturated rings. The first-order chi connectivity index (χ1) is 15.1. The summed E-state index contributed by atoms with van der Waals surface area (Å²) in [5.41, 5.74) is 4.01. The molecule has 0 saturated carbocycles. The summed E-state index contributed by atoms with van der Waals surface area (Å²) < 4.78 is 0. The van der Waals surface area contributed by atoms with Gasteiger partial charge < -0.3 is 10.6 Å². The van der Waals surface area contributed by atoms with Gasteiger partial charge in [0.25, 0.3) is 11.6 Å². The van der Waals surface area contributed by atoms with Crippen LogP contribution < -0.4 is 10.6 Å². The van der Waals surface area contributed by atoms with E-state index in [2.05, 4.69) is 15.6 Å². The van der Waals surface area contributed by atoms with Gasteiger partial charge in [-0.3, -0.25) is 14.9 Å². The van der Waals surface area contributed by atoms with E-state index in [1.165, 1.54) is 12.1 Å². The van der Waals surface area contributed by atoms with Crippen LogP contribution in [0.4, 0.5) is 22.7 Å². The van der Waals surface area contributed by atoms with E-state index in [1.54, 1.807) is 36.5 Å². The number of aromatic nitrogens is 1. The van der Waals surface area contributed by atoms with Crippen LogP contribution in [0.3, 0.4) is 0 Å². The number of carbonyl (C=O) groups is 1. The number of amides is 1. The molecular formula is C24H18N4O3. The van der Waals surface area contributed by atoms with Crippen LogP contribution in [0.2, 0.25) is 0 Å². The molecule has 1 heterocycles. The lowest BCUT2D eigenvalue weighted by molar-refractivity contribution is -0.384. The van der Waals surface area contributed by atoms with Gasteiger partial charge in [-0.05, 0) is 35.9 Å². The number of hydrogen-bond acceptors (Lipinski definition) is 5. The highest BCUT2D eigenvalue weighted by molar-refractivity contribution is 6.04. The van der Waals surface area contributed by atoms with Crippen LogP contribution >= 0.6 is 0 Å². The number of pyridine rings is 1. The summed E-state index contributed by atoms with van der Waals surface area (Å²) in [6, 6.07) is 26.6. The number of rotatable bonds is 6.